The average molecular weight is 911 g/mol. The van der Waals surface area contributed by atoms with Gasteiger partial charge in [-0.25, -0.2) is 9.97 Å². The summed E-state index contributed by atoms with van der Waals surface area (Å²) in [4.78, 5) is 83.4. The van der Waals surface area contributed by atoms with Gasteiger partial charge < -0.3 is 57.7 Å². The number of likely N-dealkylation sites (N-methyl/N-ethyl adjacent to an activating group) is 1. The molecule has 3 aromatic rings. The van der Waals surface area contributed by atoms with Crippen molar-refractivity contribution in [2.24, 2.45) is 28.5 Å². The minimum atomic E-state index is -1.39. The molecular weight excluding hydrogens is 845 g/mol. The number of carbonyl (C=O) groups is 5. The highest BCUT2D eigenvalue weighted by Gasteiger charge is 2.37. The van der Waals surface area contributed by atoms with E-state index in [-0.39, 0.29) is 63.2 Å². The largest absolute Gasteiger partial charge is 0.492 e. The number of benzene rings is 2. The molecule has 2 aliphatic rings. The van der Waals surface area contributed by atoms with E-state index in [0.717, 1.165) is 25.9 Å². The maximum absolute atomic E-state index is 14.7. The van der Waals surface area contributed by atoms with E-state index in [1.165, 1.54) is 18.9 Å². The standard InChI is InChI=1S/C47H66N12O7/c1-27-39(28(2)55-46(54-27)59-20-13-32(14-21-59)47(4,5)6)43(62)56-35(12-15-48)45(64)58(7)40-31-9-11-38(66-23-18-51)34(26-31)33-24-30(8-10-37(33)65-22-17-50)25-36(42(61)52-19-16-49)57-41(60)29(3)53-44(40)63/h8-11,24,26,29,32,35-36,40H,12-15,17-23,25,48,50-51H2,1-7H3,(H,52,61)(H,53,63)(H,56,62)(H,57,60). The molecule has 0 aliphatic carbocycles. The van der Waals surface area contributed by atoms with Crippen LogP contribution in [0.3, 0.4) is 0 Å². The van der Waals surface area contributed by atoms with Crippen molar-refractivity contribution in [3.63, 3.8) is 0 Å². The topological polar surface area (TPSA) is 286 Å². The highest BCUT2D eigenvalue weighted by molar-refractivity contribution is 6.00. The second kappa shape index (κ2) is 22.7. The first-order chi connectivity index (χ1) is 31.4. The minimum absolute atomic E-state index is 0.00639. The Labute approximate surface area is 386 Å². The highest BCUT2D eigenvalue weighted by Crippen LogP contribution is 2.40. The first-order valence-electron chi connectivity index (χ1n) is 22.5. The van der Waals surface area contributed by atoms with Crippen LogP contribution in [-0.4, -0.2) is 122 Å². The Morgan fingerprint density at radius 3 is 2.11 bits per heavy atom. The van der Waals surface area contributed by atoms with Gasteiger partial charge in [0.05, 0.1) is 23.0 Å². The third-order valence-electron chi connectivity index (χ3n) is 12.1. The van der Waals surface area contributed by atoms with Crippen LogP contribution in [0.15, 0.2) is 36.4 Å². The number of hydrogen-bond acceptors (Lipinski definition) is 14. The third-order valence-corrected chi connectivity index (χ3v) is 12.1. The number of amides is 5. The summed E-state index contributed by atoms with van der Waals surface area (Å²) in [6.45, 7) is 13.7. The monoisotopic (exact) mass is 911 g/mol. The fraction of sp³-hybridized carbons (Fsp3) is 0.532. The van der Waals surface area contributed by atoms with Crippen LogP contribution in [0.1, 0.15) is 85.9 Å². The van der Waals surface area contributed by atoms with Crippen LogP contribution in [0.25, 0.3) is 11.1 Å². The summed E-state index contributed by atoms with van der Waals surface area (Å²) in [5.41, 5.74) is 21.0. The van der Waals surface area contributed by atoms with E-state index < -0.39 is 53.7 Å². The molecule has 3 heterocycles. The molecule has 1 fully saturated rings. The molecule has 10 N–H and O–H groups in total. The van der Waals surface area contributed by atoms with Crippen LogP contribution in [0.4, 0.5) is 5.95 Å². The van der Waals surface area contributed by atoms with Crippen LogP contribution in [-0.2, 0) is 25.6 Å². The van der Waals surface area contributed by atoms with Crippen molar-refractivity contribution >= 4 is 35.5 Å². The van der Waals surface area contributed by atoms with Gasteiger partial charge in [-0.1, -0.05) is 32.9 Å². The maximum atomic E-state index is 14.7. The molecule has 4 atom stereocenters. The fourth-order valence-corrected chi connectivity index (χ4v) is 8.47. The van der Waals surface area contributed by atoms with Crippen molar-refractivity contribution < 1.29 is 33.4 Å². The molecule has 2 aromatic carbocycles. The Morgan fingerprint density at radius 2 is 1.53 bits per heavy atom. The number of hydrogen-bond donors (Lipinski definition) is 7. The fourth-order valence-electron chi connectivity index (χ4n) is 8.47. The molecule has 356 valence electrons. The van der Waals surface area contributed by atoms with Gasteiger partial charge in [0.15, 0.2) is 0 Å². The number of nitrogens with two attached hydrogens (primary N) is 3. The number of fused-ring (bicyclic) bond motifs is 5. The molecule has 4 bridgehead atoms. The van der Waals surface area contributed by atoms with Gasteiger partial charge in [-0.3, -0.25) is 24.0 Å². The van der Waals surface area contributed by atoms with E-state index in [9.17, 15) is 29.2 Å². The molecule has 0 radical (unpaired) electrons. The number of anilines is 1. The average Bonchev–Trinajstić information content (AvgIpc) is 3.28. The molecule has 66 heavy (non-hydrogen) atoms. The summed E-state index contributed by atoms with van der Waals surface area (Å²) in [5.74, 6) is -1.37. The lowest BCUT2D eigenvalue weighted by Crippen LogP contribution is -2.56. The first-order valence-corrected chi connectivity index (χ1v) is 22.5. The predicted octanol–water partition coefficient (Wildman–Crippen LogP) is 1.53. The molecule has 4 unspecified atom stereocenters. The summed E-state index contributed by atoms with van der Waals surface area (Å²) in [6, 6.07) is 7.12. The van der Waals surface area contributed by atoms with Gasteiger partial charge in [-0.05, 0) is 93.3 Å². The second-order valence-electron chi connectivity index (χ2n) is 17.9. The van der Waals surface area contributed by atoms with Crippen molar-refractivity contribution in [3.8, 4) is 28.7 Å². The summed E-state index contributed by atoms with van der Waals surface area (Å²) in [5, 5.41) is 20.0. The number of aryl methyl sites for hydroxylation is 2. The van der Waals surface area contributed by atoms with Gasteiger partial charge >= 0.3 is 0 Å². The van der Waals surface area contributed by atoms with E-state index in [1.807, 2.05) is 6.07 Å². The number of nitriles is 1. The lowest BCUT2D eigenvalue weighted by atomic mass is 9.75. The van der Waals surface area contributed by atoms with Gasteiger partial charge in [0, 0.05) is 50.8 Å². The van der Waals surface area contributed by atoms with Gasteiger partial charge in [0.25, 0.3) is 5.91 Å². The number of nitrogens with zero attached hydrogens (tertiary/aromatic N) is 5. The lowest BCUT2D eigenvalue weighted by Gasteiger charge is -2.39. The Bertz CT molecular complexity index is 2260. The lowest BCUT2D eigenvalue weighted by molar-refractivity contribution is -0.141. The molecule has 1 saturated heterocycles. The van der Waals surface area contributed by atoms with Gasteiger partial charge in [0.2, 0.25) is 29.6 Å². The van der Waals surface area contributed by atoms with Crippen molar-refractivity contribution in [1.29, 1.82) is 5.26 Å². The second-order valence-corrected chi connectivity index (χ2v) is 17.9. The zero-order valence-electron chi connectivity index (χ0n) is 39.2. The number of aromatic nitrogens is 2. The SMILES string of the molecule is Cc1nc(N2CCC(C(C)(C)C)CC2)nc(C)c1C(=O)NC(CCN)C(=O)N(C)C1C(=O)NC(C)C(=O)NC(C(=O)NCC#N)Cc2ccc(OCCN)c(c2)-c2cc1ccc2OCCN. The van der Waals surface area contributed by atoms with Crippen molar-refractivity contribution in [3.05, 3.63) is 64.5 Å². The summed E-state index contributed by atoms with van der Waals surface area (Å²) in [6.07, 6.45) is 2.03. The van der Waals surface area contributed by atoms with Gasteiger partial charge in [-0.15, -0.1) is 0 Å². The first kappa shape index (κ1) is 50.6. The number of nitrogens with one attached hydrogen (secondary N) is 4. The van der Waals surface area contributed by atoms with E-state index in [2.05, 4.69) is 46.9 Å². The Balaban J connectivity index is 1.54. The Hall–Kier alpha value is -6.36. The smallest absolute Gasteiger partial charge is 0.255 e. The normalized spacial score (nSPS) is 18.4. The van der Waals surface area contributed by atoms with Crippen LogP contribution in [0.5, 0.6) is 11.5 Å². The maximum Gasteiger partial charge on any atom is 0.255 e. The predicted molar refractivity (Wildman–Crippen MR) is 249 cm³/mol. The minimum Gasteiger partial charge on any atom is -0.492 e. The Morgan fingerprint density at radius 1 is 0.924 bits per heavy atom. The van der Waals surface area contributed by atoms with E-state index in [0.29, 0.717) is 57.0 Å². The third kappa shape index (κ3) is 12.3. The molecule has 0 spiro atoms. The van der Waals surface area contributed by atoms with E-state index >= 15 is 0 Å². The highest BCUT2D eigenvalue weighted by atomic mass is 16.5. The number of rotatable bonds is 15. The van der Waals surface area contributed by atoms with Crippen LogP contribution >= 0.6 is 0 Å². The zero-order valence-corrected chi connectivity index (χ0v) is 39.2. The molecule has 1 aromatic heterocycles. The molecule has 5 amide bonds. The molecular formula is C47H66N12O7. The summed E-state index contributed by atoms with van der Waals surface area (Å²) < 4.78 is 12.2. The number of carbonyl (C=O) groups excluding carboxylic acids is 5. The zero-order chi connectivity index (χ0) is 48.3. The van der Waals surface area contributed by atoms with E-state index in [4.69, 9.17) is 36.6 Å². The molecule has 2 aliphatic heterocycles. The molecule has 19 nitrogen and oxygen atoms in total. The summed E-state index contributed by atoms with van der Waals surface area (Å²) >= 11 is 0. The Kier molecular flexibility index (Phi) is 17.4. The van der Waals surface area contributed by atoms with Crippen LogP contribution in [0, 0.1) is 36.5 Å². The molecule has 0 saturated carbocycles. The molecule has 19 heteroatoms. The van der Waals surface area contributed by atoms with Crippen molar-refractivity contribution in [2.75, 3.05) is 64.4 Å². The van der Waals surface area contributed by atoms with Crippen LogP contribution < -0.4 is 52.8 Å². The van der Waals surface area contributed by atoms with Crippen LogP contribution in [0.2, 0.25) is 0 Å². The van der Waals surface area contributed by atoms with Gasteiger partial charge in [0.1, 0.15) is 55.4 Å². The quantitative estimate of drug-likeness (QED) is 0.107. The van der Waals surface area contributed by atoms with Gasteiger partial charge in [-0.2, -0.15) is 5.26 Å². The molecule has 5 rings (SSSR count). The van der Waals surface area contributed by atoms with E-state index in [1.54, 1.807) is 50.2 Å². The number of ether oxygens (including phenoxy) is 2. The van der Waals surface area contributed by atoms with Crippen molar-refractivity contribution in [2.45, 2.75) is 91.4 Å². The number of piperidine rings is 1. The van der Waals surface area contributed by atoms with Crippen molar-refractivity contribution in [1.82, 2.24) is 36.1 Å². The summed E-state index contributed by atoms with van der Waals surface area (Å²) in [7, 11) is 1.43.